The molecular formula is C15H18O4. The van der Waals surface area contributed by atoms with E-state index in [1.165, 1.54) is 6.92 Å². The largest absolute Gasteiger partial charge is 0.460 e. The van der Waals surface area contributed by atoms with Crippen LogP contribution in [0.3, 0.4) is 0 Å². The van der Waals surface area contributed by atoms with Gasteiger partial charge < -0.3 is 14.2 Å². The minimum atomic E-state index is -0.247. The smallest absolute Gasteiger partial charge is 0.302 e. The standard InChI is InChI=1S/C15H18O4/c1-10(16)18-13-7-12(8-14-15(13)19-14)17-9-11-5-3-2-4-6-11/h2-6,12-15H,7-9H2,1H3/t12-,13-,14+,15-/m1/s1. The minimum Gasteiger partial charge on any atom is -0.460 e. The second-order valence-corrected chi connectivity index (χ2v) is 5.18. The van der Waals surface area contributed by atoms with Gasteiger partial charge in [-0.05, 0) is 5.56 Å². The number of fused-ring (bicyclic) bond motifs is 1. The van der Waals surface area contributed by atoms with Gasteiger partial charge in [-0.25, -0.2) is 0 Å². The summed E-state index contributed by atoms with van der Waals surface area (Å²) >= 11 is 0. The van der Waals surface area contributed by atoms with Gasteiger partial charge in [0, 0.05) is 19.8 Å². The molecule has 0 radical (unpaired) electrons. The topological polar surface area (TPSA) is 48.1 Å². The Morgan fingerprint density at radius 3 is 2.84 bits per heavy atom. The number of hydrogen-bond donors (Lipinski definition) is 0. The van der Waals surface area contributed by atoms with Gasteiger partial charge in [0.2, 0.25) is 0 Å². The molecule has 1 heterocycles. The van der Waals surface area contributed by atoms with E-state index >= 15 is 0 Å². The Balaban J connectivity index is 1.53. The summed E-state index contributed by atoms with van der Waals surface area (Å²) in [6.45, 7) is 2.03. The molecule has 0 N–H and O–H groups in total. The minimum absolute atomic E-state index is 0.0977. The normalized spacial score (nSPS) is 32.5. The molecule has 4 heteroatoms. The van der Waals surface area contributed by atoms with Gasteiger partial charge in [-0.3, -0.25) is 4.79 Å². The number of esters is 1. The molecule has 1 aromatic carbocycles. The van der Waals surface area contributed by atoms with E-state index in [0.29, 0.717) is 6.61 Å². The summed E-state index contributed by atoms with van der Waals surface area (Å²) in [5, 5.41) is 0. The Kier molecular flexibility index (Phi) is 3.53. The molecule has 1 aromatic rings. The Morgan fingerprint density at radius 1 is 1.32 bits per heavy atom. The lowest BCUT2D eigenvalue weighted by Gasteiger charge is -2.25. The maximum Gasteiger partial charge on any atom is 0.302 e. The fourth-order valence-corrected chi connectivity index (χ4v) is 2.67. The lowest BCUT2D eigenvalue weighted by atomic mass is 9.95. The van der Waals surface area contributed by atoms with Crippen molar-refractivity contribution >= 4 is 5.97 Å². The number of rotatable bonds is 4. The van der Waals surface area contributed by atoms with E-state index in [1.807, 2.05) is 30.3 Å². The first-order valence-electron chi connectivity index (χ1n) is 6.70. The second-order valence-electron chi connectivity index (χ2n) is 5.18. The molecule has 1 saturated heterocycles. The van der Waals surface area contributed by atoms with Crippen LogP contribution in [0.15, 0.2) is 30.3 Å². The summed E-state index contributed by atoms with van der Waals surface area (Å²) in [5.74, 6) is -0.247. The van der Waals surface area contributed by atoms with Crippen LogP contribution in [0.5, 0.6) is 0 Å². The SMILES string of the molecule is CC(=O)O[C@@H]1C[C@@H](OCc2ccccc2)C[C@@H]2O[C@@H]21. The van der Waals surface area contributed by atoms with Crippen LogP contribution in [0.25, 0.3) is 0 Å². The number of epoxide rings is 1. The molecule has 1 aliphatic carbocycles. The fraction of sp³-hybridized carbons (Fsp3) is 0.533. The van der Waals surface area contributed by atoms with Gasteiger partial charge in [-0.1, -0.05) is 30.3 Å². The summed E-state index contributed by atoms with van der Waals surface area (Å²) in [6.07, 6.45) is 1.90. The molecular weight excluding hydrogens is 244 g/mol. The van der Waals surface area contributed by atoms with Gasteiger partial charge in [-0.2, -0.15) is 0 Å². The number of ether oxygens (including phenoxy) is 3. The van der Waals surface area contributed by atoms with Crippen LogP contribution in [0.1, 0.15) is 25.3 Å². The van der Waals surface area contributed by atoms with Crippen LogP contribution < -0.4 is 0 Å². The Hall–Kier alpha value is -1.39. The van der Waals surface area contributed by atoms with Crippen LogP contribution in [-0.4, -0.2) is 30.4 Å². The maximum atomic E-state index is 11.0. The number of carbonyl (C=O) groups excluding carboxylic acids is 1. The first-order chi connectivity index (χ1) is 9.22. The zero-order valence-electron chi connectivity index (χ0n) is 11.0. The van der Waals surface area contributed by atoms with E-state index in [-0.39, 0.29) is 30.4 Å². The molecule has 1 saturated carbocycles. The van der Waals surface area contributed by atoms with E-state index in [1.54, 1.807) is 0 Å². The third-order valence-electron chi connectivity index (χ3n) is 3.62. The molecule has 4 atom stereocenters. The molecule has 0 aromatic heterocycles. The van der Waals surface area contributed by atoms with Gasteiger partial charge in [0.15, 0.2) is 0 Å². The summed E-state index contributed by atoms with van der Waals surface area (Å²) in [7, 11) is 0. The van der Waals surface area contributed by atoms with E-state index in [9.17, 15) is 4.79 Å². The molecule has 0 unspecified atom stereocenters. The highest BCUT2D eigenvalue weighted by molar-refractivity contribution is 5.66. The summed E-state index contributed by atoms with van der Waals surface area (Å²) < 4.78 is 16.7. The van der Waals surface area contributed by atoms with Gasteiger partial charge in [0.05, 0.1) is 18.8 Å². The third-order valence-corrected chi connectivity index (χ3v) is 3.62. The van der Waals surface area contributed by atoms with Crippen molar-refractivity contribution in [3.05, 3.63) is 35.9 Å². The van der Waals surface area contributed by atoms with Gasteiger partial charge in [0.25, 0.3) is 0 Å². The van der Waals surface area contributed by atoms with Crippen molar-refractivity contribution in [2.24, 2.45) is 0 Å². The molecule has 0 bridgehead atoms. The molecule has 4 nitrogen and oxygen atoms in total. The van der Waals surface area contributed by atoms with Gasteiger partial charge in [-0.15, -0.1) is 0 Å². The van der Waals surface area contributed by atoms with Crippen LogP contribution in [0.2, 0.25) is 0 Å². The van der Waals surface area contributed by atoms with Crippen molar-refractivity contribution in [1.82, 2.24) is 0 Å². The van der Waals surface area contributed by atoms with Crippen LogP contribution in [-0.2, 0) is 25.6 Å². The quantitative estimate of drug-likeness (QED) is 0.615. The summed E-state index contributed by atoms with van der Waals surface area (Å²) in [4.78, 5) is 11.0. The average Bonchev–Trinajstić information content (AvgIpc) is 3.16. The van der Waals surface area contributed by atoms with Crippen molar-refractivity contribution in [3.63, 3.8) is 0 Å². The maximum absolute atomic E-state index is 11.0. The van der Waals surface area contributed by atoms with Crippen LogP contribution in [0, 0.1) is 0 Å². The molecule has 0 spiro atoms. The summed E-state index contributed by atoms with van der Waals surface area (Å²) in [5.41, 5.74) is 1.16. The van der Waals surface area contributed by atoms with E-state index in [4.69, 9.17) is 14.2 Å². The molecule has 3 rings (SSSR count). The lowest BCUT2D eigenvalue weighted by molar-refractivity contribution is -0.150. The van der Waals surface area contributed by atoms with Crippen molar-refractivity contribution in [2.45, 2.75) is 50.8 Å². The van der Waals surface area contributed by atoms with E-state index in [0.717, 1.165) is 18.4 Å². The van der Waals surface area contributed by atoms with Crippen LogP contribution in [0.4, 0.5) is 0 Å². The van der Waals surface area contributed by atoms with Gasteiger partial charge in [0.1, 0.15) is 12.2 Å². The molecule has 0 amide bonds. The first-order valence-corrected chi connectivity index (χ1v) is 6.70. The zero-order valence-corrected chi connectivity index (χ0v) is 11.0. The van der Waals surface area contributed by atoms with Crippen molar-refractivity contribution in [1.29, 1.82) is 0 Å². The van der Waals surface area contributed by atoms with Crippen LogP contribution >= 0.6 is 0 Å². The van der Waals surface area contributed by atoms with Crippen molar-refractivity contribution in [3.8, 4) is 0 Å². The van der Waals surface area contributed by atoms with Crippen molar-refractivity contribution in [2.75, 3.05) is 0 Å². The molecule has 102 valence electrons. The predicted molar refractivity (Wildman–Crippen MR) is 68.5 cm³/mol. The number of benzene rings is 1. The molecule has 19 heavy (non-hydrogen) atoms. The Bertz CT molecular complexity index is 445. The highest BCUT2D eigenvalue weighted by Gasteiger charge is 2.52. The Labute approximate surface area is 112 Å². The van der Waals surface area contributed by atoms with Crippen molar-refractivity contribution < 1.29 is 19.0 Å². The molecule has 2 aliphatic rings. The highest BCUT2D eigenvalue weighted by atomic mass is 16.6. The van der Waals surface area contributed by atoms with E-state index < -0.39 is 0 Å². The molecule has 2 fully saturated rings. The average molecular weight is 262 g/mol. The highest BCUT2D eigenvalue weighted by Crippen LogP contribution is 2.39. The first kappa shape index (κ1) is 12.6. The summed E-state index contributed by atoms with van der Waals surface area (Å²) in [6, 6.07) is 10.1. The lowest BCUT2D eigenvalue weighted by Crippen LogP contribution is -2.35. The monoisotopic (exact) mass is 262 g/mol. The van der Waals surface area contributed by atoms with Gasteiger partial charge >= 0.3 is 5.97 Å². The predicted octanol–water partition coefficient (Wildman–Crippen LogP) is 2.06. The Morgan fingerprint density at radius 2 is 2.11 bits per heavy atom. The number of hydrogen-bond acceptors (Lipinski definition) is 4. The fourth-order valence-electron chi connectivity index (χ4n) is 2.67. The zero-order chi connectivity index (χ0) is 13.2. The third kappa shape index (κ3) is 3.14. The van der Waals surface area contributed by atoms with E-state index in [2.05, 4.69) is 0 Å². The number of carbonyl (C=O) groups is 1. The second kappa shape index (κ2) is 5.31. The molecule has 1 aliphatic heterocycles.